The molecule has 2 aromatic rings. The van der Waals surface area contributed by atoms with Gasteiger partial charge in [0.2, 0.25) is 5.91 Å². The van der Waals surface area contributed by atoms with E-state index >= 15 is 0 Å². The highest BCUT2D eigenvalue weighted by Gasteiger charge is 2.23. The van der Waals surface area contributed by atoms with Crippen molar-refractivity contribution in [1.29, 1.82) is 0 Å². The summed E-state index contributed by atoms with van der Waals surface area (Å²) < 4.78 is 2.19. The number of rotatable bonds is 7. The van der Waals surface area contributed by atoms with Gasteiger partial charge in [0.25, 0.3) is 0 Å². The normalized spacial score (nSPS) is 13.6. The first-order valence-corrected chi connectivity index (χ1v) is 8.59. The van der Waals surface area contributed by atoms with Crippen LogP contribution in [0.25, 0.3) is 0 Å². The molecule has 1 heterocycles. The van der Waals surface area contributed by atoms with Gasteiger partial charge >= 0.3 is 0 Å². The van der Waals surface area contributed by atoms with E-state index in [1.54, 1.807) is 6.92 Å². The van der Waals surface area contributed by atoms with Crippen molar-refractivity contribution in [3.05, 3.63) is 59.9 Å². The number of aromatic nitrogens is 1. The second-order valence-corrected chi connectivity index (χ2v) is 6.61. The zero-order valence-corrected chi connectivity index (χ0v) is 14.8. The van der Waals surface area contributed by atoms with Crippen molar-refractivity contribution in [1.82, 2.24) is 9.47 Å². The maximum atomic E-state index is 12.4. The van der Waals surface area contributed by atoms with E-state index in [-0.39, 0.29) is 11.9 Å². The number of carbonyl (C=O) groups excluding carboxylic acids is 1. The Labute approximate surface area is 143 Å². The zero-order chi connectivity index (χ0) is 16.8. The first-order valence-electron chi connectivity index (χ1n) is 8.15. The van der Waals surface area contributed by atoms with Crippen LogP contribution in [-0.4, -0.2) is 26.8 Å². The summed E-state index contributed by atoms with van der Waals surface area (Å²) in [7, 11) is 0. The minimum absolute atomic E-state index is 0.00604. The molecule has 3 nitrogen and oxygen atoms in total. The molecule has 0 saturated heterocycles. The topological polar surface area (TPSA) is 25.2 Å². The SMILES string of the molecule is CCC(C)N(Cc1cccn1Cc1ccccc1)C(=O)C(C)Cl. The highest BCUT2D eigenvalue weighted by Crippen LogP contribution is 2.16. The molecule has 124 valence electrons. The Bertz CT molecular complexity index is 621. The Morgan fingerprint density at radius 2 is 1.87 bits per heavy atom. The maximum absolute atomic E-state index is 12.4. The summed E-state index contributed by atoms with van der Waals surface area (Å²) in [6.07, 6.45) is 2.97. The van der Waals surface area contributed by atoms with Gasteiger partial charge in [-0.1, -0.05) is 37.3 Å². The van der Waals surface area contributed by atoms with Gasteiger partial charge in [0.1, 0.15) is 5.38 Å². The van der Waals surface area contributed by atoms with Gasteiger partial charge in [-0.05, 0) is 38.0 Å². The summed E-state index contributed by atoms with van der Waals surface area (Å²) in [6.45, 7) is 7.30. The first kappa shape index (κ1) is 17.6. The van der Waals surface area contributed by atoms with Crippen LogP contribution in [0.2, 0.25) is 0 Å². The van der Waals surface area contributed by atoms with Crippen LogP contribution in [0.5, 0.6) is 0 Å². The van der Waals surface area contributed by atoms with Crippen molar-refractivity contribution < 1.29 is 4.79 Å². The summed E-state index contributed by atoms with van der Waals surface area (Å²) in [5.74, 6) is -0.00604. The Kier molecular flexibility index (Phi) is 6.28. The zero-order valence-electron chi connectivity index (χ0n) is 14.1. The summed E-state index contributed by atoms with van der Waals surface area (Å²) in [5.41, 5.74) is 2.37. The molecule has 23 heavy (non-hydrogen) atoms. The molecule has 0 aliphatic rings. The third-order valence-electron chi connectivity index (χ3n) is 4.20. The Hall–Kier alpha value is -1.74. The summed E-state index contributed by atoms with van der Waals surface area (Å²) >= 11 is 6.04. The summed E-state index contributed by atoms with van der Waals surface area (Å²) in [6, 6.07) is 14.6. The summed E-state index contributed by atoms with van der Waals surface area (Å²) in [5, 5.41) is -0.499. The van der Waals surface area contributed by atoms with Gasteiger partial charge in [-0.2, -0.15) is 0 Å². The number of halogens is 1. The molecular weight excluding hydrogens is 308 g/mol. The standard InChI is InChI=1S/C19H25ClN2O/c1-4-15(2)22(19(23)16(3)20)14-18-11-8-12-21(18)13-17-9-6-5-7-10-17/h5-12,15-16H,4,13-14H2,1-3H3. The molecule has 1 amide bonds. The second kappa shape index (κ2) is 8.21. The Morgan fingerprint density at radius 1 is 1.17 bits per heavy atom. The van der Waals surface area contributed by atoms with Crippen molar-refractivity contribution in [2.75, 3.05) is 0 Å². The largest absolute Gasteiger partial charge is 0.345 e. The van der Waals surface area contributed by atoms with E-state index < -0.39 is 5.38 Å². The van der Waals surface area contributed by atoms with E-state index in [1.165, 1.54) is 5.56 Å². The second-order valence-electron chi connectivity index (χ2n) is 5.95. The molecule has 0 saturated carbocycles. The summed E-state index contributed by atoms with van der Waals surface area (Å²) in [4.78, 5) is 14.3. The number of hydrogen-bond acceptors (Lipinski definition) is 1. The number of hydrogen-bond donors (Lipinski definition) is 0. The average Bonchev–Trinajstić information content (AvgIpc) is 2.99. The van der Waals surface area contributed by atoms with E-state index in [1.807, 2.05) is 29.2 Å². The smallest absolute Gasteiger partial charge is 0.240 e. The molecule has 2 rings (SSSR count). The molecule has 0 N–H and O–H groups in total. The monoisotopic (exact) mass is 332 g/mol. The third kappa shape index (κ3) is 4.61. The van der Waals surface area contributed by atoms with Crippen molar-refractivity contribution in [3.63, 3.8) is 0 Å². The van der Waals surface area contributed by atoms with Gasteiger partial charge < -0.3 is 9.47 Å². The van der Waals surface area contributed by atoms with Gasteiger partial charge in [-0.15, -0.1) is 11.6 Å². The number of carbonyl (C=O) groups is 1. The molecule has 0 aliphatic heterocycles. The predicted molar refractivity (Wildman–Crippen MR) is 95.6 cm³/mol. The molecule has 0 fully saturated rings. The van der Waals surface area contributed by atoms with Gasteiger partial charge in [-0.3, -0.25) is 4.79 Å². The lowest BCUT2D eigenvalue weighted by molar-refractivity contribution is -0.133. The lowest BCUT2D eigenvalue weighted by Gasteiger charge is -2.30. The van der Waals surface area contributed by atoms with Crippen LogP contribution >= 0.6 is 11.6 Å². The molecule has 0 radical (unpaired) electrons. The molecule has 4 heteroatoms. The molecule has 0 bridgehead atoms. The van der Waals surface area contributed by atoms with E-state index in [4.69, 9.17) is 11.6 Å². The van der Waals surface area contributed by atoms with Gasteiger partial charge in [0, 0.05) is 24.5 Å². The number of alkyl halides is 1. The lowest BCUT2D eigenvalue weighted by Crippen LogP contribution is -2.41. The van der Waals surface area contributed by atoms with Crippen LogP contribution in [0.3, 0.4) is 0 Å². The van der Waals surface area contributed by atoms with Crippen molar-refractivity contribution in [2.45, 2.75) is 51.7 Å². The van der Waals surface area contributed by atoms with Crippen molar-refractivity contribution in [2.24, 2.45) is 0 Å². The van der Waals surface area contributed by atoms with Crippen LogP contribution in [0.1, 0.15) is 38.4 Å². The lowest BCUT2D eigenvalue weighted by atomic mass is 10.2. The van der Waals surface area contributed by atoms with Crippen LogP contribution in [0.4, 0.5) is 0 Å². The molecule has 1 aromatic heterocycles. The van der Waals surface area contributed by atoms with Crippen LogP contribution in [0.15, 0.2) is 48.7 Å². The molecule has 2 unspecified atom stereocenters. The minimum Gasteiger partial charge on any atom is -0.345 e. The molecule has 2 atom stereocenters. The van der Waals surface area contributed by atoms with Gasteiger partial charge in [0.15, 0.2) is 0 Å². The van der Waals surface area contributed by atoms with Crippen LogP contribution in [0, 0.1) is 0 Å². The number of amides is 1. The molecule has 0 spiro atoms. The fraction of sp³-hybridized carbons (Fsp3) is 0.421. The quantitative estimate of drug-likeness (QED) is 0.694. The predicted octanol–water partition coefficient (Wildman–Crippen LogP) is 4.29. The number of benzene rings is 1. The third-order valence-corrected chi connectivity index (χ3v) is 4.38. The fourth-order valence-corrected chi connectivity index (χ4v) is 2.73. The van der Waals surface area contributed by atoms with Crippen molar-refractivity contribution >= 4 is 17.5 Å². The minimum atomic E-state index is -0.499. The molecular formula is C19H25ClN2O. The number of nitrogens with zero attached hydrogens (tertiary/aromatic N) is 2. The average molecular weight is 333 g/mol. The van der Waals surface area contributed by atoms with Crippen molar-refractivity contribution in [3.8, 4) is 0 Å². The van der Waals surface area contributed by atoms with E-state index in [0.29, 0.717) is 6.54 Å². The van der Waals surface area contributed by atoms with Gasteiger partial charge in [0.05, 0.1) is 6.54 Å². The first-order chi connectivity index (χ1) is 11.0. The van der Waals surface area contributed by atoms with Crippen LogP contribution in [-0.2, 0) is 17.9 Å². The van der Waals surface area contributed by atoms with E-state index in [0.717, 1.165) is 18.7 Å². The van der Waals surface area contributed by atoms with Crippen LogP contribution < -0.4 is 0 Å². The Balaban J connectivity index is 2.18. The van der Waals surface area contributed by atoms with E-state index in [9.17, 15) is 4.79 Å². The maximum Gasteiger partial charge on any atom is 0.240 e. The Morgan fingerprint density at radius 3 is 2.48 bits per heavy atom. The fourth-order valence-electron chi connectivity index (χ4n) is 2.60. The highest BCUT2D eigenvalue weighted by atomic mass is 35.5. The highest BCUT2D eigenvalue weighted by molar-refractivity contribution is 6.30. The molecule has 0 aliphatic carbocycles. The molecule has 1 aromatic carbocycles. The van der Waals surface area contributed by atoms with Gasteiger partial charge in [-0.25, -0.2) is 0 Å². The van der Waals surface area contributed by atoms with E-state index in [2.05, 4.69) is 42.8 Å².